The van der Waals surface area contributed by atoms with Crippen LogP contribution in [0.5, 0.6) is 0 Å². The van der Waals surface area contributed by atoms with Gasteiger partial charge in [0, 0.05) is 73.4 Å². The SMILES string of the molecule is CCN(CC)c1cc(N(CC)CC)c(CCc2ccc(N(c3ccc(C)cc3)c3ccc(C)cc3)cc2)c(N(CC)CC)c1. The topological polar surface area (TPSA) is 13.0 Å². The molecule has 0 spiro atoms. The summed E-state index contributed by atoms with van der Waals surface area (Å²) in [5.41, 5.74) is 13.0. The van der Waals surface area contributed by atoms with Crippen molar-refractivity contribution in [1.29, 1.82) is 0 Å². The van der Waals surface area contributed by atoms with Crippen LogP contribution in [-0.2, 0) is 12.8 Å². The molecular weight excluding hydrogens is 536 g/mol. The highest BCUT2D eigenvalue weighted by atomic mass is 15.2. The van der Waals surface area contributed by atoms with Gasteiger partial charge in [-0.1, -0.05) is 47.5 Å². The van der Waals surface area contributed by atoms with Crippen LogP contribution in [0.2, 0.25) is 0 Å². The molecule has 0 aliphatic carbocycles. The Kier molecular flexibility index (Phi) is 11.8. The summed E-state index contributed by atoms with van der Waals surface area (Å²) >= 11 is 0. The van der Waals surface area contributed by atoms with E-state index in [9.17, 15) is 0 Å². The molecule has 4 aromatic rings. The van der Waals surface area contributed by atoms with Crippen LogP contribution >= 0.6 is 0 Å². The predicted octanol–water partition coefficient (Wildman–Crippen LogP) is 10.1. The van der Waals surface area contributed by atoms with E-state index < -0.39 is 0 Å². The van der Waals surface area contributed by atoms with E-state index in [0.717, 1.165) is 52.1 Å². The van der Waals surface area contributed by atoms with Gasteiger partial charge in [-0.15, -0.1) is 0 Å². The monoisotopic (exact) mass is 590 g/mol. The first kappa shape index (κ1) is 33.0. The minimum atomic E-state index is 1.00. The molecule has 0 aliphatic rings. The summed E-state index contributed by atoms with van der Waals surface area (Å²) in [6.07, 6.45) is 2.01. The van der Waals surface area contributed by atoms with E-state index in [1.54, 1.807) is 0 Å². The Balaban J connectivity index is 1.70. The molecule has 0 heterocycles. The van der Waals surface area contributed by atoms with Crippen molar-refractivity contribution in [2.45, 2.75) is 68.2 Å². The molecule has 0 N–H and O–H groups in total. The zero-order chi connectivity index (χ0) is 31.6. The first-order valence-electron chi connectivity index (χ1n) is 16.8. The smallest absolute Gasteiger partial charge is 0.0461 e. The summed E-state index contributed by atoms with van der Waals surface area (Å²) < 4.78 is 0. The molecule has 44 heavy (non-hydrogen) atoms. The van der Waals surface area contributed by atoms with Crippen LogP contribution in [-0.4, -0.2) is 39.3 Å². The Bertz CT molecular complexity index is 1350. The van der Waals surface area contributed by atoms with Gasteiger partial charge in [0.1, 0.15) is 0 Å². The Morgan fingerprint density at radius 3 is 1.14 bits per heavy atom. The third-order valence-electron chi connectivity index (χ3n) is 8.97. The first-order chi connectivity index (χ1) is 21.4. The maximum atomic E-state index is 2.54. The summed E-state index contributed by atoms with van der Waals surface area (Å²) in [6.45, 7) is 24.0. The maximum absolute atomic E-state index is 2.54. The van der Waals surface area contributed by atoms with E-state index in [2.05, 4.69) is 160 Å². The van der Waals surface area contributed by atoms with Gasteiger partial charge in [-0.3, -0.25) is 0 Å². The minimum Gasteiger partial charge on any atom is -0.372 e. The number of hydrogen-bond donors (Lipinski definition) is 0. The van der Waals surface area contributed by atoms with Crippen molar-refractivity contribution >= 4 is 34.1 Å². The Morgan fingerprint density at radius 2 is 0.773 bits per heavy atom. The van der Waals surface area contributed by atoms with E-state index >= 15 is 0 Å². The molecule has 0 amide bonds. The molecule has 0 bridgehead atoms. The van der Waals surface area contributed by atoms with E-state index in [4.69, 9.17) is 0 Å². The van der Waals surface area contributed by atoms with Gasteiger partial charge in [-0.25, -0.2) is 0 Å². The van der Waals surface area contributed by atoms with Crippen LogP contribution in [0.3, 0.4) is 0 Å². The molecule has 0 atom stereocenters. The number of rotatable bonds is 15. The highest BCUT2D eigenvalue weighted by Gasteiger charge is 2.20. The van der Waals surface area contributed by atoms with Crippen molar-refractivity contribution in [2.75, 3.05) is 58.9 Å². The Hall–Kier alpha value is -3.92. The maximum Gasteiger partial charge on any atom is 0.0461 e. The average molecular weight is 591 g/mol. The molecule has 0 fully saturated rings. The summed E-state index contributed by atoms with van der Waals surface area (Å²) in [7, 11) is 0. The zero-order valence-corrected chi connectivity index (χ0v) is 28.5. The molecule has 0 unspecified atom stereocenters. The van der Waals surface area contributed by atoms with Gasteiger partial charge in [0.05, 0.1) is 0 Å². The zero-order valence-electron chi connectivity index (χ0n) is 28.5. The summed E-state index contributed by atoms with van der Waals surface area (Å²) in [5.74, 6) is 0. The Labute approximate surface area is 267 Å². The van der Waals surface area contributed by atoms with Gasteiger partial charge in [-0.2, -0.15) is 0 Å². The van der Waals surface area contributed by atoms with E-state index in [0.29, 0.717) is 0 Å². The lowest BCUT2D eigenvalue weighted by atomic mass is 9.98. The largest absolute Gasteiger partial charge is 0.372 e. The molecule has 4 nitrogen and oxygen atoms in total. The number of hydrogen-bond acceptors (Lipinski definition) is 4. The minimum absolute atomic E-state index is 1.00. The number of aryl methyl sites for hydroxylation is 3. The average Bonchev–Trinajstić information content (AvgIpc) is 3.05. The van der Waals surface area contributed by atoms with Gasteiger partial charge in [0.25, 0.3) is 0 Å². The summed E-state index contributed by atoms with van der Waals surface area (Å²) in [5, 5.41) is 0. The number of benzene rings is 4. The fraction of sp³-hybridized carbons (Fsp3) is 0.400. The predicted molar refractivity (Wildman–Crippen MR) is 195 cm³/mol. The molecule has 4 aromatic carbocycles. The van der Waals surface area contributed by atoms with Gasteiger partial charge in [-0.05, 0) is 128 Å². The van der Waals surface area contributed by atoms with E-state index in [1.807, 2.05) is 0 Å². The van der Waals surface area contributed by atoms with Crippen molar-refractivity contribution in [3.05, 3.63) is 107 Å². The molecule has 0 saturated carbocycles. The molecule has 234 valence electrons. The fourth-order valence-corrected chi connectivity index (χ4v) is 6.26. The summed E-state index contributed by atoms with van der Waals surface area (Å²) in [4.78, 5) is 9.92. The van der Waals surface area contributed by atoms with Crippen LogP contribution in [0.15, 0.2) is 84.9 Å². The van der Waals surface area contributed by atoms with Crippen molar-refractivity contribution in [1.82, 2.24) is 0 Å². The second kappa shape index (κ2) is 15.7. The normalized spacial score (nSPS) is 11.0. The second-order valence-corrected chi connectivity index (χ2v) is 11.7. The molecule has 0 saturated heterocycles. The molecular formula is C40H54N4. The van der Waals surface area contributed by atoms with Crippen LogP contribution in [0.4, 0.5) is 34.1 Å². The summed E-state index contributed by atoms with van der Waals surface area (Å²) in [6, 6.07) is 31.8. The number of nitrogens with zero attached hydrogens (tertiary/aromatic N) is 4. The van der Waals surface area contributed by atoms with Gasteiger partial charge >= 0.3 is 0 Å². The third-order valence-corrected chi connectivity index (χ3v) is 8.97. The molecule has 4 rings (SSSR count). The van der Waals surface area contributed by atoms with E-state index in [-0.39, 0.29) is 0 Å². The highest BCUT2D eigenvalue weighted by molar-refractivity contribution is 5.77. The van der Waals surface area contributed by atoms with Crippen molar-refractivity contribution in [3.63, 3.8) is 0 Å². The Morgan fingerprint density at radius 1 is 0.409 bits per heavy atom. The lowest BCUT2D eigenvalue weighted by Gasteiger charge is -2.33. The lowest BCUT2D eigenvalue weighted by molar-refractivity contribution is 0.816. The van der Waals surface area contributed by atoms with Crippen LogP contribution in [0.1, 0.15) is 63.8 Å². The van der Waals surface area contributed by atoms with Crippen LogP contribution < -0.4 is 19.6 Å². The molecule has 4 heteroatoms. The molecule has 0 aliphatic heterocycles. The van der Waals surface area contributed by atoms with Crippen molar-refractivity contribution < 1.29 is 0 Å². The fourth-order valence-electron chi connectivity index (χ4n) is 6.26. The highest BCUT2D eigenvalue weighted by Crippen LogP contribution is 2.38. The van der Waals surface area contributed by atoms with E-state index in [1.165, 1.54) is 56.4 Å². The van der Waals surface area contributed by atoms with Gasteiger partial charge in [0.2, 0.25) is 0 Å². The third kappa shape index (κ3) is 7.59. The molecule has 0 radical (unpaired) electrons. The molecule has 0 aromatic heterocycles. The van der Waals surface area contributed by atoms with Crippen LogP contribution in [0, 0.1) is 13.8 Å². The van der Waals surface area contributed by atoms with Gasteiger partial charge in [0.15, 0.2) is 0 Å². The number of anilines is 6. The van der Waals surface area contributed by atoms with Gasteiger partial charge < -0.3 is 19.6 Å². The first-order valence-corrected chi connectivity index (χ1v) is 16.8. The van der Waals surface area contributed by atoms with Crippen LogP contribution in [0.25, 0.3) is 0 Å². The lowest BCUT2D eigenvalue weighted by Crippen LogP contribution is -2.29. The van der Waals surface area contributed by atoms with Crippen molar-refractivity contribution in [2.24, 2.45) is 0 Å². The van der Waals surface area contributed by atoms with Crippen molar-refractivity contribution in [3.8, 4) is 0 Å². The quantitative estimate of drug-likeness (QED) is 0.137. The standard InChI is InChI=1S/C40H54N4/c1-9-41(10-2)37-29-39(42(11-3)12-4)38(40(30-37)43(13-5)14-6)28-21-33-19-26-36(27-20-33)44(34-22-15-31(7)16-23-34)35-24-17-32(8)18-25-35/h15-20,22-27,29-30H,9-14,21,28H2,1-8H3. The second-order valence-electron chi connectivity index (χ2n) is 11.7.